The normalized spacial score (nSPS) is 12.9. The molecule has 118 valence electrons. The van der Waals surface area contributed by atoms with Gasteiger partial charge in [-0.1, -0.05) is 36.7 Å². The van der Waals surface area contributed by atoms with Crippen LogP contribution in [0.1, 0.15) is 27.2 Å². The number of carbonyl (C=O) groups excluding carboxylic acids is 1. The summed E-state index contributed by atoms with van der Waals surface area (Å²) in [4.78, 5) is 13.7. The first-order chi connectivity index (χ1) is 9.70. The van der Waals surface area contributed by atoms with Crippen LogP contribution >= 0.6 is 15.9 Å². The number of nitrogens with zero attached hydrogens (tertiary/aromatic N) is 1. The quantitative estimate of drug-likeness (QED) is 0.851. The second kappa shape index (κ2) is 7.80. The van der Waals surface area contributed by atoms with E-state index >= 15 is 0 Å². The van der Waals surface area contributed by atoms with Crippen molar-refractivity contribution in [3.05, 3.63) is 28.7 Å². The van der Waals surface area contributed by atoms with Crippen LogP contribution in [0.25, 0.3) is 0 Å². The molecule has 0 aromatic heterocycles. The van der Waals surface area contributed by atoms with E-state index in [9.17, 15) is 4.79 Å². The third kappa shape index (κ3) is 6.48. The summed E-state index contributed by atoms with van der Waals surface area (Å²) in [6.45, 7) is 7.14. The van der Waals surface area contributed by atoms with Gasteiger partial charge in [0.2, 0.25) is 5.91 Å². The Morgan fingerprint density at radius 3 is 2.43 bits per heavy atom. The maximum atomic E-state index is 12.1. The first kappa shape index (κ1) is 18.0. The summed E-state index contributed by atoms with van der Waals surface area (Å²) in [5.74, 6) is 0.849. The lowest BCUT2D eigenvalue weighted by Crippen LogP contribution is -2.41. The smallest absolute Gasteiger partial charge is 0.224 e. The average molecular weight is 357 g/mol. The molecule has 0 spiro atoms. The van der Waals surface area contributed by atoms with E-state index in [1.807, 2.05) is 45.0 Å². The lowest BCUT2D eigenvalue weighted by atomic mass is 9.85. The van der Waals surface area contributed by atoms with Gasteiger partial charge in [-0.2, -0.15) is 0 Å². The molecule has 21 heavy (non-hydrogen) atoms. The Bertz CT molecular complexity index is 454. The third-order valence-corrected chi connectivity index (χ3v) is 3.97. The topological polar surface area (TPSA) is 55.6 Å². The summed E-state index contributed by atoms with van der Waals surface area (Å²) in [5, 5.41) is 0. The van der Waals surface area contributed by atoms with Gasteiger partial charge in [-0.3, -0.25) is 4.79 Å². The molecule has 2 N–H and O–H groups in total. The first-order valence-corrected chi connectivity index (χ1v) is 7.87. The van der Waals surface area contributed by atoms with Crippen molar-refractivity contribution in [2.24, 2.45) is 11.1 Å². The van der Waals surface area contributed by atoms with Crippen molar-refractivity contribution in [3.8, 4) is 5.75 Å². The van der Waals surface area contributed by atoms with E-state index in [4.69, 9.17) is 10.5 Å². The van der Waals surface area contributed by atoms with Gasteiger partial charge in [0, 0.05) is 24.0 Å². The van der Waals surface area contributed by atoms with Crippen molar-refractivity contribution in [3.63, 3.8) is 0 Å². The molecule has 0 saturated heterocycles. The molecule has 1 unspecified atom stereocenters. The summed E-state index contributed by atoms with van der Waals surface area (Å²) in [7, 11) is 1.78. The van der Waals surface area contributed by atoms with E-state index in [0.29, 0.717) is 19.6 Å². The Hall–Kier alpha value is -1.07. The lowest BCUT2D eigenvalue weighted by molar-refractivity contribution is -0.131. The van der Waals surface area contributed by atoms with Crippen molar-refractivity contribution in [2.75, 3.05) is 20.2 Å². The van der Waals surface area contributed by atoms with Crippen LogP contribution in [0, 0.1) is 5.41 Å². The summed E-state index contributed by atoms with van der Waals surface area (Å²) in [5.41, 5.74) is 5.98. The molecule has 1 aromatic carbocycles. The molecule has 1 atom stereocenters. The van der Waals surface area contributed by atoms with Gasteiger partial charge in [-0.15, -0.1) is 0 Å². The number of halogens is 1. The molecule has 0 bridgehead atoms. The molecular weight excluding hydrogens is 332 g/mol. The largest absolute Gasteiger partial charge is 0.492 e. The summed E-state index contributed by atoms with van der Waals surface area (Å²) in [6.07, 6.45) is 0.359. The van der Waals surface area contributed by atoms with Crippen LogP contribution in [0.3, 0.4) is 0 Å². The highest BCUT2D eigenvalue weighted by molar-refractivity contribution is 9.10. The highest BCUT2D eigenvalue weighted by atomic mass is 79.9. The predicted octanol–water partition coefficient (Wildman–Crippen LogP) is 3.05. The maximum Gasteiger partial charge on any atom is 0.224 e. The molecule has 0 aliphatic heterocycles. The molecule has 5 heteroatoms. The molecular formula is C16H25BrN2O2. The predicted molar refractivity (Wildman–Crippen MR) is 89.3 cm³/mol. The first-order valence-electron chi connectivity index (χ1n) is 7.08. The molecule has 0 heterocycles. The minimum atomic E-state index is -0.139. The summed E-state index contributed by atoms with van der Waals surface area (Å²) in [6, 6.07) is 7.49. The van der Waals surface area contributed by atoms with Crippen LogP contribution < -0.4 is 10.5 Å². The zero-order chi connectivity index (χ0) is 16.0. The maximum absolute atomic E-state index is 12.1. The Morgan fingerprint density at radius 1 is 1.33 bits per heavy atom. The zero-order valence-corrected chi connectivity index (χ0v) is 14.8. The van der Waals surface area contributed by atoms with E-state index < -0.39 is 0 Å². The molecule has 0 aliphatic carbocycles. The Balaban J connectivity index is 2.34. The van der Waals surface area contributed by atoms with Crippen LogP contribution in [0.2, 0.25) is 0 Å². The zero-order valence-electron chi connectivity index (χ0n) is 13.2. The number of hydrogen-bond acceptors (Lipinski definition) is 3. The monoisotopic (exact) mass is 356 g/mol. The van der Waals surface area contributed by atoms with Crippen LogP contribution in [0.5, 0.6) is 5.75 Å². The second-order valence-corrected chi connectivity index (χ2v) is 7.21. The van der Waals surface area contributed by atoms with Crippen LogP contribution in [-0.2, 0) is 4.79 Å². The Labute approximate surface area is 135 Å². The molecule has 0 saturated carbocycles. The van der Waals surface area contributed by atoms with Gasteiger partial charge < -0.3 is 15.4 Å². The van der Waals surface area contributed by atoms with Crippen LogP contribution in [-0.4, -0.2) is 37.0 Å². The number of ether oxygens (including phenoxy) is 1. The van der Waals surface area contributed by atoms with Crippen LogP contribution in [0.4, 0.5) is 0 Å². The van der Waals surface area contributed by atoms with Crippen molar-refractivity contribution >= 4 is 21.8 Å². The SMILES string of the molecule is CN(CCOc1ccc(Br)cc1)C(=O)CC(N)C(C)(C)C. The highest BCUT2D eigenvalue weighted by Crippen LogP contribution is 2.20. The van der Waals surface area contributed by atoms with Gasteiger partial charge in [-0.05, 0) is 29.7 Å². The van der Waals surface area contributed by atoms with E-state index in [2.05, 4.69) is 15.9 Å². The van der Waals surface area contributed by atoms with Gasteiger partial charge in [-0.25, -0.2) is 0 Å². The van der Waals surface area contributed by atoms with E-state index in [-0.39, 0.29) is 17.4 Å². The molecule has 0 fully saturated rings. The molecule has 0 aliphatic rings. The Kier molecular flexibility index (Phi) is 6.68. The van der Waals surface area contributed by atoms with Crippen molar-refractivity contribution in [2.45, 2.75) is 33.2 Å². The van der Waals surface area contributed by atoms with Crippen molar-refractivity contribution in [1.29, 1.82) is 0 Å². The highest BCUT2D eigenvalue weighted by Gasteiger charge is 2.24. The molecule has 0 radical (unpaired) electrons. The summed E-state index contributed by atoms with van der Waals surface area (Å²) >= 11 is 3.37. The van der Waals surface area contributed by atoms with Gasteiger partial charge in [0.15, 0.2) is 0 Å². The fraction of sp³-hybridized carbons (Fsp3) is 0.562. The van der Waals surface area contributed by atoms with Gasteiger partial charge in [0.25, 0.3) is 0 Å². The van der Waals surface area contributed by atoms with Gasteiger partial charge in [0.05, 0.1) is 6.54 Å². The number of rotatable bonds is 6. The number of likely N-dealkylation sites (N-methyl/N-ethyl adjacent to an activating group) is 1. The van der Waals surface area contributed by atoms with Crippen molar-refractivity contribution in [1.82, 2.24) is 4.90 Å². The number of carbonyl (C=O) groups is 1. The third-order valence-electron chi connectivity index (χ3n) is 3.44. The fourth-order valence-corrected chi connectivity index (χ4v) is 1.87. The number of benzene rings is 1. The fourth-order valence-electron chi connectivity index (χ4n) is 1.61. The number of nitrogens with two attached hydrogens (primary N) is 1. The molecule has 1 aromatic rings. The van der Waals surface area contributed by atoms with Gasteiger partial charge in [0.1, 0.15) is 12.4 Å². The molecule has 1 rings (SSSR count). The van der Waals surface area contributed by atoms with E-state index in [0.717, 1.165) is 10.2 Å². The number of amides is 1. The molecule has 4 nitrogen and oxygen atoms in total. The molecule has 1 amide bonds. The summed E-state index contributed by atoms with van der Waals surface area (Å²) < 4.78 is 6.62. The van der Waals surface area contributed by atoms with E-state index in [1.165, 1.54) is 0 Å². The Morgan fingerprint density at radius 2 is 1.90 bits per heavy atom. The lowest BCUT2D eigenvalue weighted by Gasteiger charge is -2.28. The second-order valence-electron chi connectivity index (χ2n) is 6.29. The minimum absolute atomic E-state index is 0.0526. The average Bonchev–Trinajstić information content (AvgIpc) is 2.39. The van der Waals surface area contributed by atoms with Gasteiger partial charge >= 0.3 is 0 Å². The van der Waals surface area contributed by atoms with Crippen molar-refractivity contribution < 1.29 is 9.53 Å². The number of hydrogen-bond donors (Lipinski definition) is 1. The minimum Gasteiger partial charge on any atom is -0.492 e. The standard InChI is InChI=1S/C16H25BrN2O2/c1-16(2,3)14(18)11-15(20)19(4)9-10-21-13-7-5-12(17)6-8-13/h5-8,14H,9-11,18H2,1-4H3. The van der Waals surface area contributed by atoms with Crippen LogP contribution in [0.15, 0.2) is 28.7 Å². The van der Waals surface area contributed by atoms with E-state index in [1.54, 1.807) is 11.9 Å².